The number of nitrogens with zero attached hydrogens (tertiary/aromatic N) is 4. The molecule has 2 aliphatic rings. The number of aliphatic hydroxyl groups excluding tert-OH is 1. The van der Waals surface area contributed by atoms with Crippen LogP contribution in [0.4, 0.5) is 5.69 Å². The maximum atomic E-state index is 12.3. The molecule has 1 saturated carbocycles. The zero-order valence-corrected chi connectivity index (χ0v) is 16.5. The van der Waals surface area contributed by atoms with E-state index in [9.17, 15) is 20.0 Å². The third kappa shape index (κ3) is 4.63. The lowest BCUT2D eigenvalue weighted by Gasteiger charge is -2.17. The Labute approximate surface area is 174 Å². The molecule has 8 nitrogen and oxygen atoms in total. The van der Waals surface area contributed by atoms with Gasteiger partial charge in [0.1, 0.15) is 11.9 Å². The van der Waals surface area contributed by atoms with Crippen LogP contribution in [0, 0.1) is 17.2 Å². The molecule has 1 unspecified atom stereocenters. The summed E-state index contributed by atoms with van der Waals surface area (Å²) in [5, 5.41) is 22.0. The summed E-state index contributed by atoms with van der Waals surface area (Å²) in [4.78, 5) is 34.6. The van der Waals surface area contributed by atoms with Gasteiger partial charge >= 0.3 is 0 Å². The highest BCUT2D eigenvalue weighted by atomic mass is 16.3. The molecule has 2 N–H and O–H groups in total. The van der Waals surface area contributed by atoms with E-state index < -0.39 is 6.10 Å². The number of carbonyl (C=O) groups excluding carboxylic acids is 2. The first-order valence-electron chi connectivity index (χ1n) is 10.1. The number of hydrogen-bond acceptors (Lipinski definition) is 7. The minimum Gasteiger partial charge on any atom is -0.391 e. The highest BCUT2D eigenvalue weighted by Gasteiger charge is 2.29. The SMILES string of the molecule is N#Cc1ccc(-c2cnc(CC(=O)C3CC3)cn2)cc1NCC(=O)N1CCC(O)C1. The number of hydrogen-bond donors (Lipinski definition) is 2. The smallest absolute Gasteiger partial charge is 0.241 e. The average Bonchev–Trinajstić information content (AvgIpc) is 3.53. The van der Waals surface area contributed by atoms with Crippen LogP contribution in [0.15, 0.2) is 30.6 Å². The summed E-state index contributed by atoms with van der Waals surface area (Å²) in [6, 6.07) is 7.34. The van der Waals surface area contributed by atoms with Crippen LogP contribution in [0.5, 0.6) is 0 Å². The van der Waals surface area contributed by atoms with Gasteiger partial charge in [0.05, 0.1) is 47.9 Å². The number of aliphatic hydroxyl groups is 1. The van der Waals surface area contributed by atoms with Gasteiger partial charge in [0.2, 0.25) is 5.91 Å². The monoisotopic (exact) mass is 405 g/mol. The topological polar surface area (TPSA) is 119 Å². The van der Waals surface area contributed by atoms with Gasteiger partial charge in [0.25, 0.3) is 0 Å². The number of nitriles is 1. The van der Waals surface area contributed by atoms with Gasteiger partial charge in [-0.3, -0.25) is 19.6 Å². The molecule has 8 heteroatoms. The number of nitrogens with one attached hydrogen (secondary N) is 1. The second-order valence-electron chi connectivity index (χ2n) is 7.82. The summed E-state index contributed by atoms with van der Waals surface area (Å²) in [6.45, 7) is 0.924. The standard InChI is InChI=1S/C22H23N5O3/c23-9-16-4-3-15(7-19(16)26-12-22(30)27-6-5-18(28)13-27)20-11-24-17(10-25-20)8-21(29)14-1-2-14/h3-4,7,10-11,14,18,26,28H,1-2,5-6,8,12-13H2. The Morgan fingerprint density at radius 3 is 2.70 bits per heavy atom. The van der Waals surface area contributed by atoms with E-state index in [4.69, 9.17) is 0 Å². The molecular weight excluding hydrogens is 382 g/mol. The maximum Gasteiger partial charge on any atom is 0.241 e. The number of anilines is 1. The Hall–Kier alpha value is -3.31. The molecule has 0 radical (unpaired) electrons. The van der Waals surface area contributed by atoms with E-state index in [1.54, 1.807) is 35.5 Å². The van der Waals surface area contributed by atoms with Crippen molar-refractivity contribution in [3.8, 4) is 17.3 Å². The van der Waals surface area contributed by atoms with Crippen molar-refractivity contribution in [2.24, 2.45) is 5.92 Å². The summed E-state index contributed by atoms with van der Waals surface area (Å²) in [5.74, 6) is 0.299. The van der Waals surface area contributed by atoms with E-state index >= 15 is 0 Å². The second-order valence-corrected chi connectivity index (χ2v) is 7.82. The van der Waals surface area contributed by atoms with E-state index in [2.05, 4.69) is 21.4 Å². The second kappa shape index (κ2) is 8.59. The molecule has 1 amide bonds. The summed E-state index contributed by atoms with van der Waals surface area (Å²) < 4.78 is 0. The first-order chi connectivity index (χ1) is 14.5. The van der Waals surface area contributed by atoms with Crippen molar-refractivity contribution in [3.63, 3.8) is 0 Å². The van der Waals surface area contributed by atoms with Crippen LogP contribution < -0.4 is 5.32 Å². The number of carbonyl (C=O) groups is 2. The van der Waals surface area contributed by atoms with Crippen LogP contribution in [0.2, 0.25) is 0 Å². The maximum absolute atomic E-state index is 12.3. The number of amides is 1. The molecule has 0 spiro atoms. The summed E-state index contributed by atoms with van der Waals surface area (Å²) >= 11 is 0. The number of aromatic nitrogens is 2. The van der Waals surface area contributed by atoms with Crippen LogP contribution in [0.3, 0.4) is 0 Å². The average molecular weight is 405 g/mol. The molecule has 1 atom stereocenters. The third-order valence-corrected chi connectivity index (χ3v) is 5.48. The Morgan fingerprint density at radius 2 is 2.07 bits per heavy atom. The Morgan fingerprint density at radius 1 is 1.23 bits per heavy atom. The summed E-state index contributed by atoms with van der Waals surface area (Å²) in [7, 11) is 0. The fraction of sp³-hybridized carbons (Fsp3) is 0.409. The Bertz CT molecular complexity index is 995. The van der Waals surface area contributed by atoms with E-state index in [1.165, 1.54) is 0 Å². The van der Waals surface area contributed by atoms with Gasteiger partial charge in [-0.05, 0) is 31.4 Å². The number of benzene rings is 1. The molecule has 1 aromatic heterocycles. The molecule has 2 fully saturated rings. The van der Waals surface area contributed by atoms with Gasteiger partial charge in [0, 0.05) is 30.8 Å². The first-order valence-corrected chi connectivity index (χ1v) is 10.1. The molecule has 154 valence electrons. The van der Waals surface area contributed by atoms with Crippen LogP contribution in [0.25, 0.3) is 11.3 Å². The molecule has 1 aliphatic carbocycles. The fourth-order valence-corrected chi connectivity index (χ4v) is 3.52. The van der Waals surface area contributed by atoms with Crippen molar-refractivity contribution >= 4 is 17.4 Å². The highest BCUT2D eigenvalue weighted by molar-refractivity contribution is 5.85. The van der Waals surface area contributed by atoms with Gasteiger partial charge in [-0.25, -0.2) is 0 Å². The van der Waals surface area contributed by atoms with E-state index in [-0.39, 0.29) is 24.2 Å². The molecule has 0 bridgehead atoms. The number of likely N-dealkylation sites (tertiary alicyclic amines) is 1. The molecule has 1 aliphatic heterocycles. The van der Waals surface area contributed by atoms with Crippen molar-refractivity contribution in [2.45, 2.75) is 31.8 Å². The third-order valence-electron chi connectivity index (χ3n) is 5.48. The molecular formula is C22H23N5O3. The lowest BCUT2D eigenvalue weighted by atomic mass is 10.1. The van der Waals surface area contributed by atoms with Gasteiger partial charge < -0.3 is 15.3 Å². The number of ketones is 1. The number of Topliss-reactive ketones (excluding diaryl/α,β-unsaturated/α-hetero) is 1. The zero-order chi connectivity index (χ0) is 21.1. The van der Waals surface area contributed by atoms with Crippen molar-refractivity contribution in [2.75, 3.05) is 25.0 Å². The largest absolute Gasteiger partial charge is 0.391 e. The Kier molecular flexibility index (Phi) is 5.72. The van der Waals surface area contributed by atoms with Gasteiger partial charge in [0.15, 0.2) is 0 Å². The van der Waals surface area contributed by atoms with E-state index in [0.717, 1.165) is 18.4 Å². The predicted octanol–water partition coefficient (Wildman–Crippen LogP) is 1.54. The lowest BCUT2D eigenvalue weighted by Crippen LogP contribution is -2.34. The quantitative estimate of drug-likeness (QED) is 0.717. The van der Waals surface area contributed by atoms with Gasteiger partial charge in [-0.1, -0.05) is 6.07 Å². The van der Waals surface area contributed by atoms with Crippen LogP contribution in [0.1, 0.15) is 30.5 Å². The van der Waals surface area contributed by atoms with Crippen molar-refractivity contribution in [1.29, 1.82) is 5.26 Å². The van der Waals surface area contributed by atoms with Crippen LogP contribution in [-0.4, -0.2) is 57.4 Å². The molecule has 1 saturated heterocycles. The van der Waals surface area contributed by atoms with Crippen molar-refractivity contribution < 1.29 is 14.7 Å². The Balaban J connectivity index is 1.44. The minimum absolute atomic E-state index is 0.0404. The zero-order valence-electron chi connectivity index (χ0n) is 16.5. The van der Waals surface area contributed by atoms with Crippen molar-refractivity contribution in [3.05, 3.63) is 41.9 Å². The molecule has 2 heterocycles. The fourth-order valence-electron chi connectivity index (χ4n) is 3.52. The summed E-state index contributed by atoms with van der Waals surface area (Å²) in [5.41, 5.74) is 3.00. The highest BCUT2D eigenvalue weighted by Crippen LogP contribution is 2.31. The minimum atomic E-state index is -0.465. The predicted molar refractivity (Wildman–Crippen MR) is 109 cm³/mol. The molecule has 30 heavy (non-hydrogen) atoms. The van der Waals surface area contributed by atoms with Crippen LogP contribution >= 0.6 is 0 Å². The molecule has 1 aromatic carbocycles. The number of rotatable bonds is 7. The molecule has 2 aromatic rings. The van der Waals surface area contributed by atoms with Crippen molar-refractivity contribution in [1.82, 2.24) is 14.9 Å². The lowest BCUT2D eigenvalue weighted by molar-refractivity contribution is -0.128. The number of β-amino-alcohol motifs (C(OH)–C–C–N with tert-alkyl or cyclic N) is 1. The van der Waals surface area contributed by atoms with Gasteiger partial charge in [-0.15, -0.1) is 0 Å². The first kappa shape index (κ1) is 20.0. The molecule has 4 rings (SSSR count). The van der Waals surface area contributed by atoms with Gasteiger partial charge in [-0.2, -0.15) is 5.26 Å². The van der Waals surface area contributed by atoms with Crippen LogP contribution in [-0.2, 0) is 16.0 Å². The normalized spacial score (nSPS) is 18.1. The van der Waals surface area contributed by atoms with E-state index in [0.29, 0.717) is 48.6 Å². The van der Waals surface area contributed by atoms with E-state index in [1.807, 2.05) is 0 Å². The summed E-state index contributed by atoms with van der Waals surface area (Å²) in [6.07, 6.45) is 5.63.